The second-order valence-electron chi connectivity index (χ2n) is 5.75. The SMILES string of the molecule is CCNC(Cc1nnn(C)n1)CC1CCCCCC1. The average molecular weight is 265 g/mol. The van der Waals surface area contributed by atoms with Crippen LogP contribution in [0, 0.1) is 5.92 Å². The van der Waals surface area contributed by atoms with E-state index in [1.54, 1.807) is 4.80 Å². The minimum absolute atomic E-state index is 0.498. The average Bonchev–Trinajstić information content (AvgIpc) is 2.64. The number of nitrogens with zero attached hydrogens (tertiary/aromatic N) is 4. The third-order valence-corrected chi connectivity index (χ3v) is 4.06. The van der Waals surface area contributed by atoms with Gasteiger partial charge in [-0.1, -0.05) is 45.4 Å². The maximum absolute atomic E-state index is 4.30. The van der Waals surface area contributed by atoms with Crippen molar-refractivity contribution in [3.05, 3.63) is 5.82 Å². The first-order valence-corrected chi connectivity index (χ1v) is 7.74. The van der Waals surface area contributed by atoms with Crippen LogP contribution in [0.1, 0.15) is 57.7 Å². The molecule has 0 aromatic carbocycles. The Balaban J connectivity index is 1.87. The number of aryl methyl sites for hydroxylation is 1. The van der Waals surface area contributed by atoms with Gasteiger partial charge in [0.15, 0.2) is 5.82 Å². The highest BCUT2D eigenvalue weighted by atomic mass is 15.6. The maximum Gasteiger partial charge on any atom is 0.176 e. The Bertz CT molecular complexity index is 354. The quantitative estimate of drug-likeness (QED) is 0.800. The highest BCUT2D eigenvalue weighted by molar-refractivity contribution is 4.86. The first kappa shape index (κ1) is 14.4. The van der Waals surface area contributed by atoms with Crippen LogP contribution in [0.25, 0.3) is 0 Å². The van der Waals surface area contributed by atoms with Gasteiger partial charge in [-0.15, -0.1) is 10.2 Å². The van der Waals surface area contributed by atoms with Crippen LogP contribution in [0.4, 0.5) is 0 Å². The third-order valence-electron chi connectivity index (χ3n) is 4.06. The first-order valence-electron chi connectivity index (χ1n) is 7.74. The van der Waals surface area contributed by atoms with Gasteiger partial charge in [-0.25, -0.2) is 0 Å². The van der Waals surface area contributed by atoms with Gasteiger partial charge in [-0.3, -0.25) is 0 Å². The van der Waals surface area contributed by atoms with E-state index >= 15 is 0 Å². The number of aromatic nitrogens is 4. The van der Waals surface area contributed by atoms with Gasteiger partial charge in [-0.2, -0.15) is 4.80 Å². The molecule has 1 aromatic rings. The van der Waals surface area contributed by atoms with Crippen molar-refractivity contribution in [1.29, 1.82) is 0 Å². The Labute approximate surface area is 116 Å². The summed E-state index contributed by atoms with van der Waals surface area (Å²) in [7, 11) is 1.82. The molecule has 19 heavy (non-hydrogen) atoms. The number of hydrogen-bond donors (Lipinski definition) is 1. The topological polar surface area (TPSA) is 55.6 Å². The molecular formula is C14H27N5. The second kappa shape index (κ2) is 7.58. The molecule has 0 radical (unpaired) electrons. The smallest absolute Gasteiger partial charge is 0.176 e. The van der Waals surface area contributed by atoms with Gasteiger partial charge in [0.25, 0.3) is 0 Å². The van der Waals surface area contributed by atoms with Gasteiger partial charge >= 0.3 is 0 Å². The van der Waals surface area contributed by atoms with Crippen LogP contribution in [0.3, 0.4) is 0 Å². The van der Waals surface area contributed by atoms with Crippen LogP contribution in [0.15, 0.2) is 0 Å². The zero-order chi connectivity index (χ0) is 13.5. The molecule has 1 N–H and O–H groups in total. The van der Waals surface area contributed by atoms with E-state index in [9.17, 15) is 0 Å². The van der Waals surface area contributed by atoms with Crippen LogP contribution < -0.4 is 5.32 Å². The summed E-state index contributed by atoms with van der Waals surface area (Å²) in [6.45, 7) is 3.18. The molecule has 1 unspecified atom stereocenters. The van der Waals surface area contributed by atoms with E-state index in [-0.39, 0.29) is 0 Å². The summed E-state index contributed by atoms with van der Waals surface area (Å²) in [6.07, 6.45) is 10.6. The molecule has 1 aliphatic carbocycles. The minimum atomic E-state index is 0.498. The van der Waals surface area contributed by atoms with Crippen LogP contribution >= 0.6 is 0 Å². The fraction of sp³-hybridized carbons (Fsp3) is 0.929. The summed E-state index contributed by atoms with van der Waals surface area (Å²) in [6, 6.07) is 0.498. The molecule has 5 nitrogen and oxygen atoms in total. The molecule has 1 aromatic heterocycles. The molecule has 1 fully saturated rings. The van der Waals surface area contributed by atoms with Gasteiger partial charge in [0.1, 0.15) is 0 Å². The van der Waals surface area contributed by atoms with Gasteiger partial charge in [0.05, 0.1) is 7.05 Å². The van der Waals surface area contributed by atoms with Crippen LogP contribution in [0.2, 0.25) is 0 Å². The molecule has 1 heterocycles. The van der Waals surface area contributed by atoms with Crippen molar-refractivity contribution < 1.29 is 0 Å². The molecular weight excluding hydrogens is 238 g/mol. The molecule has 5 heteroatoms. The lowest BCUT2D eigenvalue weighted by molar-refractivity contribution is 0.350. The molecule has 0 spiro atoms. The third kappa shape index (κ3) is 4.90. The first-order chi connectivity index (χ1) is 9.28. The molecule has 2 rings (SSSR count). The highest BCUT2D eigenvalue weighted by Gasteiger charge is 2.19. The summed E-state index contributed by atoms with van der Waals surface area (Å²) < 4.78 is 0. The fourth-order valence-electron chi connectivity index (χ4n) is 3.15. The monoisotopic (exact) mass is 265 g/mol. The molecule has 0 bridgehead atoms. The largest absolute Gasteiger partial charge is 0.314 e. The van der Waals surface area contributed by atoms with Crippen molar-refractivity contribution in [2.24, 2.45) is 13.0 Å². The minimum Gasteiger partial charge on any atom is -0.314 e. The van der Waals surface area contributed by atoms with Crippen molar-refractivity contribution >= 4 is 0 Å². The van der Waals surface area contributed by atoms with Gasteiger partial charge in [0.2, 0.25) is 0 Å². The predicted octanol–water partition coefficient (Wildman–Crippen LogP) is 2.09. The standard InChI is InChI=1S/C14H27N5/c1-3-15-13(11-14-16-18-19(2)17-14)10-12-8-6-4-5-7-9-12/h12-13,15H,3-11H2,1-2H3. The Morgan fingerprint density at radius 3 is 2.58 bits per heavy atom. The summed E-state index contributed by atoms with van der Waals surface area (Å²) in [5.74, 6) is 1.74. The Morgan fingerprint density at radius 2 is 2.00 bits per heavy atom. The van der Waals surface area contributed by atoms with Crippen molar-refractivity contribution in [3.8, 4) is 0 Å². The van der Waals surface area contributed by atoms with Gasteiger partial charge in [-0.05, 0) is 24.1 Å². The van der Waals surface area contributed by atoms with E-state index in [0.29, 0.717) is 6.04 Å². The maximum atomic E-state index is 4.30. The Morgan fingerprint density at radius 1 is 1.26 bits per heavy atom. The van der Waals surface area contributed by atoms with Crippen LogP contribution in [-0.2, 0) is 13.5 Å². The normalized spacial score (nSPS) is 19.3. The van der Waals surface area contributed by atoms with E-state index in [2.05, 4.69) is 27.7 Å². The lowest BCUT2D eigenvalue weighted by Gasteiger charge is -2.22. The zero-order valence-electron chi connectivity index (χ0n) is 12.3. The fourth-order valence-corrected chi connectivity index (χ4v) is 3.15. The zero-order valence-corrected chi connectivity index (χ0v) is 12.3. The summed E-state index contributed by atoms with van der Waals surface area (Å²) in [5, 5.41) is 15.9. The molecule has 108 valence electrons. The summed E-state index contributed by atoms with van der Waals surface area (Å²) in [5.41, 5.74) is 0. The van der Waals surface area contributed by atoms with Crippen LogP contribution in [-0.4, -0.2) is 32.8 Å². The van der Waals surface area contributed by atoms with Crippen molar-refractivity contribution in [2.45, 2.75) is 64.3 Å². The van der Waals surface area contributed by atoms with E-state index in [1.807, 2.05) is 7.05 Å². The van der Waals surface area contributed by atoms with E-state index < -0.39 is 0 Å². The van der Waals surface area contributed by atoms with E-state index in [1.165, 1.54) is 44.9 Å². The van der Waals surface area contributed by atoms with Crippen molar-refractivity contribution in [1.82, 2.24) is 25.5 Å². The molecule has 0 amide bonds. The highest BCUT2D eigenvalue weighted by Crippen LogP contribution is 2.26. The van der Waals surface area contributed by atoms with Crippen LogP contribution in [0.5, 0.6) is 0 Å². The Hall–Kier alpha value is -0.970. The number of hydrogen-bond acceptors (Lipinski definition) is 4. The van der Waals surface area contributed by atoms with Gasteiger partial charge in [0, 0.05) is 12.5 Å². The second-order valence-corrected chi connectivity index (χ2v) is 5.75. The number of rotatable bonds is 6. The number of tetrazole rings is 1. The molecule has 1 atom stereocenters. The molecule has 1 aliphatic rings. The lowest BCUT2D eigenvalue weighted by atomic mass is 9.91. The Kier molecular flexibility index (Phi) is 5.76. The summed E-state index contributed by atoms with van der Waals surface area (Å²) >= 11 is 0. The van der Waals surface area contributed by atoms with E-state index in [4.69, 9.17) is 0 Å². The lowest BCUT2D eigenvalue weighted by Crippen LogP contribution is -2.33. The summed E-state index contributed by atoms with van der Waals surface area (Å²) in [4.78, 5) is 1.55. The predicted molar refractivity (Wildman–Crippen MR) is 75.8 cm³/mol. The number of likely N-dealkylation sites (N-methyl/N-ethyl adjacent to an activating group) is 1. The van der Waals surface area contributed by atoms with Crippen molar-refractivity contribution in [3.63, 3.8) is 0 Å². The van der Waals surface area contributed by atoms with E-state index in [0.717, 1.165) is 24.7 Å². The molecule has 0 aliphatic heterocycles. The molecule has 1 saturated carbocycles. The number of nitrogens with one attached hydrogen (secondary N) is 1. The molecule has 0 saturated heterocycles. The van der Waals surface area contributed by atoms with Gasteiger partial charge < -0.3 is 5.32 Å². The van der Waals surface area contributed by atoms with Crippen molar-refractivity contribution in [2.75, 3.05) is 6.54 Å².